The van der Waals surface area contributed by atoms with Gasteiger partial charge in [0.15, 0.2) is 0 Å². The van der Waals surface area contributed by atoms with Crippen molar-refractivity contribution in [2.24, 2.45) is 0 Å². The van der Waals surface area contributed by atoms with Crippen molar-refractivity contribution in [2.45, 2.75) is 45.2 Å². The second kappa shape index (κ2) is 10.4. The molecule has 184 valence electrons. The van der Waals surface area contributed by atoms with Crippen LogP contribution in [0, 0.1) is 11.6 Å². The van der Waals surface area contributed by atoms with Crippen molar-refractivity contribution in [3.8, 4) is 0 Å². The highest BCUT2D eigenvalue weighted by atomic mass is 32.2. The van der Waals surface area contributed by atoms with Crippen LogP contribution in [0.2, 0.25) is 0 Å². The molecule has 1 amide bonds. The van der Waals surface area contributed by atoms with Crippen LogP contribution in [0.25, 0.3) is 0 Å². The lowest BCUT2D eigenvalue weighted by Crippen LogP contribution is -2.48. The van der Waals surface area contributed by atoms with Gasteiger partial charge in [-0.25, -0.2) is 17.2 Å². The van der Waals surface area contributed by atoms with Crippen molar-refractivity contribution in [3.63, 3.8) is 0 Å². The van der Waals surface area contributed by atoms with Gasteiger partial charge in [0.05, 0.1) is 5.75 Å². The van der Waals surface area contributed by atoms with E-state index in [0.29, 0.717) is 31.7 Å². The molecule has 0 N–H and O–H groups in total. The Labute approximate surface area is 200 Å². The minimum atomic E-state index is -3.63. The molecule has 0 aromatic heterocycles. The minimum absolute atomic E-state index is 0.000640. The van der Waals surface area contributed by atoms with Gasteiger partial charge in [-0.15, -0.1) is 0 Å². The molecular formula is C25H31F2N3O3S. The van der Waals surface area contributed by atoms with Crippen LogP contribution < -0.4 is 4.90 Å². The maximum atomic E-state index is 15.1. The van der Waals surface area contributed by atoms with E-state index in [1.165, 1.54) is 22.5 Å². The number of aryl methyl sites for hydroxylation is 1. The fourth-order valence-electron chi connectivity index (χ4n) is 4.45. The molecule has 0 atom stereocenters. The Hall–Kier alpha value is -2.52. The molecule has 2 aromatic rings. The summed E-state index contributed by atoms with van der Waals surface area (Å²) in [5, 5.41) is 0. The molecular weight excluding hydrogens is 460 g/mol. The number of sulfonamides is 1. The number of benzene rings is 2. The summed E-state index contributed by atoms with van der Waals surface area (Å²) < 4.78 is 56.1. The normalized spacial score (nSPS) is 17.2. The van der Waals surface area contributed by atoms with Crippen LogP contribution >= 0.6 is 0 Å². The number of rotatable bonds is 8. The highest BCUT2D eigenvalue weighted by Gasteiger charge is 2.34. The molecule has 0 spiro atoms. The molecule has 2 aliphatic rings. The number of hydrogen-bond acceptors (Lipinski definition) is 4. The first kappa shape index (κ1) is 24.6. The molecule has 0 radical (unpaired) electrons. The number of halogens is 2. The van der Waals surface area contributed by atoms with Crippen LogP contribution in [-0.2, 0) is 27.8 Å². The predicted molar refractivity (Wildman–Crippen MR) is 128 cm³/mol. The lowest BCUT2D eigenvalue weighted by molar-refractivity contribution is -0.129. The molecule has 1 aliphatic carbocycles. The fourth-order valence-corrected chi connectivity index (χ4v) is 6.18. The zero-order valence-corrected chi connectivity index (χ0v) is 20.2. The van der Waals surface area contributed by atoms with Gasteiger partial charge in [0, 0.05) is 56.9 Å². The first-order valence-electron chi connectivity index (χ1n) is 11.8. The predicted octanol–water partition coefficient (Wildman–Crippen LogP) is 3.56. The van der Waals surface area contributed by atoms with Crippen molar-refractivity contribution >= 4 is 21.6 Å². The summed E-state index contributed by atoms with van der Waals surface area (Å²) in [6, 6.07) is 10.7. The van der Waals surface area contributed by atoms with E-state index in [4.69, 9.17) is 0 Å². The maximum absolute atomic E-state index is 15.1. The van der Waals surface area contributed by atoms with Crippen LogP contribution in [0.3, 0.4) is 0 Å². The summed E-state index contributed by atoms with van der Waals surface area (Å²) in [5.41, 5.74) is 1.83. The fraction of sp³-hybridized carbons (Fsp3) is 0.480. The van der Waals surface area contributed by atoms with Gasteiger partial charge >= 0.3 is 0 Å². The Kier molecular flexibility index (Phi) is 7.52. The second-order valence-electron chi connectivity index (χ2n) is 9.09. The van der Waals surface area contributed by atoms with E-state index >= 15 is 4.39 Å². The minimum Gasteiger partial charge on any atom is -0.368 e. The van der Waals surface area contributed by atoms with Crippen molar-refractivity contribution in [2.75, 3.05) is 36.8 Å². The van der Waals surface area contributed by atoms with E-state index in [9.17, 15) is 17.6 Å². The summed E-state index contributed by atoms with van der Waals surface area (Å²) in [6.45, 7) is 4.00. The second-order valence-corrected chi connectivity index (χ2v) is 11.1. The average molecular weight is 492 g/mol. The van der Waals surface area contributed by atoms with E-state index in [1.807, 2.05) is 11.0 Å². The highest BCUT2D eigenvalue weighted by Crippen LogP contribution is 2.30. The molecule has 1 heterocycles. The Morgan fingerprint density at radius 1 is 1.03 bits per heavy atom. The number of piperazine rings is 1. The number of amides is 1. The Morgan fingerprint density at radius 3 is 2.26 bits per heavy atom. The maximum Gasteiger partial charge on any atom is 0.219 e. The number of anilines is 1. The van der Waals surface area contributed by atoms with E-state index in [-0.39, 0.29) is 36.5 Å². The van der Waals surface area contributed by atoms with E-state index in [2.05, 4.69) is 0 Å². The van der Waals surface area contributed by atoms with Gasteiger partial charge in [-0.05, 0) is 49.1 Å². The van der Waals surface area contributed by atoms with Crippen molar-refractivity contribution in [1.82, 2.24) is 9.21 Å². The molecule has 0 bridgehead atoms. The zero-order chi connectivity index (χ0) is 24.3. The summed E-state index contributed by atoms with van der Waals surface area (Å²) >= 11 is 0. The number of nitrogens with zero attached hydrogens (tertiary/aromatic N) is 3. The lowest BCUT2D eigenvalue weighted by Gasteiger charge is -2.37. The van der Waals surface area contributed by atoms with E-state index < -0.39 is 15.8 Å². The molecule has 0 unspecified atom stereocenters. The number of hydrogen-bond donors (Lipinski definition) is 0. The molecule has 1 saturated heterocycles. The Bertz CT molecular complexity index is 1110. The van der Waals surface area contributed by atoms with Gasteiger partial charge in [-0.2, -0.15) is 4.31 Å². The van der Waals surface area contributed by atoms with Crippen LogP contribution in [0.1, 0.15) is 37.3 Å². The van der Waals surface area contributed by atoms with Gasteiger partial charge in [-0.3, -0.25) is 4.79 Å². The van der Waals surface area contributed by atoms with Crippen LogP contribution in [-0.4, -0.2) is 61.5 Å². The molecule has 6 nitrogen and oxygen atoms in total. The van der Waals surface area contributed by atoms with Crippen molar-refractivity contribution in [1.29, 1.82) is 0 Å². The Balaban J connectivity index is 1.44. The zero-order valence-electron chi connectivity index (χ0n) is 19.4. The van der Waals surface area contributed by atoms with Gasteiger partial charge in [0.25, 0.3) is 0 Å². The smallest absolute Gasteiger partial charge is 0.219 e. The lowest BCUT2D eigenvalue weighted by atomic mass is 9.93. The first-order valence-corrected chi connectivity index (χ1v) is 13.4. The van der Waals surface area contributed by atoms with Gasteiger partial charge < -0.3 is 9.80 Å². The third kappa shape index (κ3) is 5.75. The molecule has 9 heteroatoms. The number of carbonyl (C=O) groups is 1. The summed E-state index contributed by atoms with van der Waals surface area (Å²) in [7, 11) is -3.63. The monoisotopic (exact) mass is 491 g/mol. The summed E-state index contributed by atoms with van der Waals surface area (Å²) in [5.74, 6) is -0.847. The van der Waals surface area contributed by atoms with Gasteiger partial charge in [0.2, 0.25) is 15.9 Å². The van der Waals surface area contributed by atoms with Crippen molar-refractivity contribution in [3.05, 3.63) is 65.2 Å². The SMILES string of the molecule is CC(=O)N1CCN(c2ccc(CN(C3CCC3)S(=O)(=O)CCc3ccc(F)cc3)c(F)c2)CC1. The quantitative estimate of drug-likeness (QED) is 0.567. The molecule has 2 aromatic carbocycles. The van der Waals surface area contributed by atoms with Crippen LogP contribution in [0.15, 0.2) is 42.5 Å². The Morgan fingerprint density at radius 2 is 1.71 bits per heavy atom. The molecule has 4 rings (SSSR count). The standard InChI is InChI=1S/C25H31F2N3O3S/c1-19(31)28-12-14-29(15-13-28)24-10-7-21(25(27)17-24)18-30(23-3-2-4-23)34(32,33)16-11-20-5-8-22(26)9-6-20/h5-10,17,23H,2-4,11-16,18H2,1H3. The highest BCUT2D eigenvalue weighted by molar-refractivity contribution is 7.89. The third-order valence-corrected chi connectivity index (χ3v) is 8.72. The van der Waals surface area contributed by atoms with E-state index in [0.717, 1.165) is 30.5 Å². The molecule has 34 heavy (non-hydrogen) atoms. The number of carbonyl (C=O) groups excluding carboxylic acids is 1. The van der Waals surface area contributed by atoms with Gasteiger partial charge in [-0.1, -0.05) is 24.6 Å². The van der Waals surface area contributed by atoms with Crippen LogP contribution in [0.5, 0.6) is 0 Å². The first-order chi connectivity index (χ1) is 16.2. The average Bonchev–Trinajstić information content (AvgIpc) is 2.78. The molecule has 1 saturated carbocycles. The third-order valence-electron chi connectivity index (χ3n) is 6.85. The summed E-state index contributed by atoms with van der Waals surface area (Å²) in [4.78, 5) is 15.3. The largest absolute Gasteiger partial charge is 0.368 e. The van der Waals surface area contributed by atoms with E-state index in [1.54, 1.807) is 30.0 Å². The topological polar surface area (TPSA) is 60.9 Å². The van der Waals surface area contributed by atoms with Crippen LogP contribution in [0.4, 0.5) is 14.5 Å². The summed E-state index contributed by atoms with van der Waals surface area (Å²) in [6.07, 6.45) is 2.79. The van der Waals surface area contributed by atoms with Crippen molar-refractivity contribution < 1.29 is 22.0 Å². The molecule has 2 fully saturated rings. The molecule has 1 aliphatic heterocycles. The van der Waals surface area contributed by atoms with Gasteiger partial charge in [0.1, 0.15) is 11.6 Å².